The average Bonchev–Trinajstić information content (AvgIpc) is 3.72. The van der Waals surface area contributed by atoms with E-state index >= 15 is 0 Å². The Morgan fingerprint density at radius 3 is 2.32 bits per heavy atom. The summed E-state index contributed by atoms with van der Waals surface area (Å²) >= 11 is 0. The van der Waals surface area contributed by atoms with Crippen molar-refractivity contribution in [3.05, 3.63) is 126 Å². The van der Waals surface area contributed by atoms with E-state index in [1.807, 2.05) is 89.5 Å². The van der Waals surface area contributed by atoms with Gasteiger partial charge in [0, 0.05) is 31.0 Å². The van der Waals surface area contributed by atoms with Gasteiger partial charge in [-0.25, -0.2) is 14.5 Å². The molecule has 0 atom stereocenters. The Labute approximate surface area is 253 Å². The monoisotopic (exact) mass is 587 g/mol. The van der Waals surface area contributed by atoms with Crippen molar-refractivity contribution >= 4 is 28.7 Å². The third-order valence-electron chi connectivity index (χ3n) is 6.95. The van der Waals surface area contributed by atoms with E-state index in [4.69, 9.17) is 9.47 Å². The van der Waals surface area contributed by atoms with Crippen molar-refractivity contribution in [2.75, 3.05) is 18.6 Å². The predicted molar refractivity (Wildman–Crippen MR) is 164 cm³/mol. The van der Waals surface area contributed by atoms with Crippen LogP contribution in [0.25, 0.3) is 17.1 Å². The lowest BCUT2D eigenvalue weighted by Gasteiger charge is -2.17. The molecule has 0 N–H and O–H groups in total. The molecule has 0 saturated carbocycles. The molecule has 0 spiro atoms. The van der Waals surface area contributed by atoms with Gasteiger partial charge in [0.05, 0.1) is 24.7 Å². The van der Waals surface area contributed by atoms with Crippen molar-refractivity contribution in [3.8, 4) is 11.8 Å². The van der Waals surface area contributed by atoms with E-state index in [0.717, 1.165) is 16.8 Å². The van der Waals surface area contributed by atoms with Crippen molar-refractivity contribution in [1.82, 2.24) is 29.3 Å². The van der Waals surface area contributed by atoms with Crippen LogP contribution in [0.15, 0.2) is 104 Å². The van der Waals surface area contributed by atoms with Crippen LogP contribution in [-0.4, -0.2) is 54.8 Å². The number of hydrogen-bond donors (Lipinski definition) is 0. The molecule has 3 aromatic heterocycles. The Morgan fingerprint density at radius 1 is 0.864 bits per heavy atom. The maximum Gasteiger partial charge on any atom is 0.341 e. The molecule has 3 aromatic carbocycles. The minimum atomic E-state index is -0.482. The van der Waals surface area contributed by atoms with Crippen LogP contribution in [0, 0.1) is 0 Å². The second-order valence-electron chi connectivity index (χ2n) is 9.94. The molecule has 0 aliphatic carbocycles. The topological polar surface area (TPSA) is 117 Å². The van der Waals surface area contributed by atoms with Crippen molar-refractivity contribution < 1.29 is 19.1 Å². The second-order valence-corrected chi connectivity index (χ2v) is 9.94. The number of esters is 1. The Bertz CT molecular complexity index is 1900. The Morgan fingerprint density at radius 2 is 1.59 bits per heavy atom. The summed E-state index contributed by atoms with van der Waals surface area (Å²) in [5.41, 5.74) is 4.61. The Hall–Kier alpha value is -5.84. The highest BCUT2D eigenvalue weighted by Crippen LogP contribution is 2.26. The van der Waals surface area contributed by atoms with E-state index in [9.17, 15) is 9.59 Å². The largest absolute Gasteiger partial charge is 0.471 e. The summed E-state index contributed by atoms with van der Waals surface area (Å²) in [6, 6.07) is 26.7. The van der Waals surface area contributed by atoms with Crippen LogP contribution in [0.4, 0.5) is 5.69 Å². The molecule has 3 heterocycles. The van der Waals surface area contributed by atoms with Gasteiger partial charge < -0.3 is 18.9 Å². The predicted octanol–water partition coefficient (Wildman–Crippen LogP) is 5.09. The number of rotatable bonds is 10. The summed E-state index contributed by atoms with van der Waals surface area (Å²) in [5, 5.41) is 4.25. The molecule has 0 unspecified atom stereocenters. The first-order chi connectivity index (χ1) is 21.5. The minimum absolute atomic E-state index is 0.0990. The molecule has 11 nitrogen and oxygen atoms in total. The summed E-state index contributed by atoms with van der Waals surface area (Å²) < 4.78 is 14.6. The van der Waals surface area contributed by atoms with Crippen LogP contribution in [0.1, 0.15) is 38.8 Å². The zero-order valence-electron chi connectivity index (χ0n) is 24.2. The summed E-state index contributed by atoms with van der Waals surface area (Å²) in [4.78, 5) is 40.7. The molecule has 0 aliphatic heterocycles. The molecule has 0 saturated heterocycles. The summed E-state index contributed by atoms with van der Waals surface area (Å²) in [7, 11) is 1.76. The van der Waals surface area contributed by atoms with Crippen LogP contribution in [0.2, 0.25) is 0 Å². The fourth-order valence-corrected chi connectivity index (χ4v) is 4.65. The highest BCUT2D eigenvalue weighted by atomic mass is 16.5. The Kier molecular flexibility index (Phi) is 8.08. The molecule has 0 fully saturated rings. The number of imidazole rings is 1. The van der Waals surface area contributed by atoms with Gasteiger partial charge in [-0.1, -0.05) is 60.7 Å². The average molecular weight is 588 g/mol. The van der Waals surface area contributed by atoms with Gasteiger partial charge in [0.2, 0.25) is 5.88 Å². The maximum atomic E-state index is 13.0. The van der Waals surface area contributed by atoms with Crippen LogP contribution in [0.3, 0.4) is 0 Å². The number of aromatic nitrogens is 6. The number of anilines is 1. The summed E-state index contributed by atoms with van der Waals surface area (Å²) in [6.45, 7) is 2.71. The van der Waals surface area contributed by atoms with E-state index in [0.29, 0.717) is 29.2 Å². The second kappa shape index (κ2) is 12.6. The van der Waals surface area contributed by atoms with Crippen molar-refractivity contribution in [2.24, 2.45) is 0 Å². The molecule has 0 aliphatic rings. The van der Waals surface area contributed by atoms with Crippen LogP contribution < -0.4 is 9.64 Å². The molecule has 0 radical (unpaired) electrons. The number of benzene rings is 3. The zero-order chi connectivity index (χ0) is 30.5. The lowest BCUT2D eigenvalue weighted by molar-refractivity contribution is 0.0526. The molecular weight excluding hydrogens is 558 g/mol. The third-order valence-corrected chi connectivity index (χ3v) is 6.95. The first kappa shape index (κ1) is 28.3. The molecule has 6 rings (SSSR count). The number of nitrogens with zero attached hydrogens (tertiary/aromatic N) is 7. The number of carbonyl (C=O) groups is 2. The van der Waals surface area contributed by atoms with E-state index in [2.05, 4.69) is 20.1 Å². The summed E-state index contributed by atoms with van der Waals surface area (Å²) in [6.07, 6.45) is 4.59. The number of amides is 1. The van der Waals surface area contributed by atoms with Gasteiger partial charge in [-0.3, -0.25) is 4.79 Å². The maximum absolute atomic E-state index is 13.0. The Balaban J connectivity index is 1.29. The van der Waals surface area contributed by atoms with Crippen LogP contribution in [0.5, 0.6) is 5.88 Å². The van der Waals surface area contributed by atoms with Crippen molar-refractivity contribution in [1.29, 1.82) is 0 Å². The molecule has 1 amide bonds. The fourth-order valence-electron chi connectivity index (χ4n) is 4.65. The van der Waals surface area contributed by atoms with Crippen LogP contribution in [-0.2, 0) is 17.9 Å². The van der Waals surface area contributed by atoms with Crippen molar-refractivity contribution in [3.63, 3.8) is 0 Å². The first-order valence-corrected chi connectivity index (χ1v) is 14.0. The smallest absolute Gasteiger partial charge is 0.341 e. The van der Waals surface area contributed by atoms with Gasteiger partial charge in [-0.2, -0.15) is 15.1 Å². The van der Waals surface area contributed by atoms with E-state index in [-0.39, 0.29) is 30.6 Å². The lowest BCUT2D eigenvalue weighted by atomic mass is 10.1. The van der Waals surface area contributed by atoms with Gasteiger partial charge in [-0.15, -0.1) is 0 Å². The number of fused-ring (bicyclic) bond motifs is 1. The number of para-hydroxylation sites is 1. The quantitative estimate of drug-likeness (QED) is 0.204. The van der Waals surface area contributed by atoms with Gasteiger partial charge in [0.1, 0.15) is 6.61 Å². The van der Waals surface area contributed by atoms with Gasteiger partial charge in [-0.05, 0) is 42.3 Å². The van der Waals surface area contributed by atoms with E-state index in [1.165, 1.54) is 17.1 Å². The van der Waals surface area contributed by atoms with Gasteiger partial charge >= 0.3 is 5.97 Å². The SMILES string of the molecule is CCOC(=O)c1cnn(-c2nc(OCc3ccccc3)c3c(ncn3Cc3ccc(C(=O)N(C)c4ccccc4)cc3)n2)c1. The highest BCUT2D eigenvalue weighted by Gasteiger charge is 2.19. The number of carbonyl (C=O) groups excluding carboxylic acids is 2. The third kappa shape index (κ3) is 6.02. The molecular formula is C33H29N7O4. The number of ether oxygens (including phenoxy) is 2. The minimum Gasteiger partial charge on any atom is -0.471 e. The summed E-state index contributed by atoms with van der Waals surface area (Å²) in [5.74, 6) is -0.0650. The van der Waals surface area contributed by atoms with Gasteiger partial charge in [0.15, 0.2) is 11.2 Å². The highest BCUT2D eigenvalue weighted by molar-refractivity contribution is 6.05. The fraction of sp³-hybridized carbons (Fsp3) is 0.152. The number of hydrogen-bond acceptors (Lipinski definition) is 8. The standard InChI is InChI=1S/C33H29N7O4/c1-3-43-32(42)26-18-35-40(20-26)33-36-29-28(30(37-33)44-21-24-10-6-4-7-11-24)39(22-34-29)19-23-14-16-25(17-15-23)31(41)38(2)27-12-8-5-9-13-27/h4-18,20,22H,3,19,21H2,1-2H3. The normalized spacial score (nSPS) is 11.0. The van der Waals surface area contributed by atoms with E-state index < -0.39 is 5.97 Å². The molecule has 11 heteroatoms. The molecule has 6 aromatic rings. The van der Waals surface area contributed by atoms with Gasteiger partial charge in [0.25, 0.3) is 11.9 Å². The van der Waals surface area contributed by atoms with E-state index in [1.54, 1.807) is 25.2 Å². The van der Waals surface area contributed by atoms with Crippen LogP contribution >= 0.6 is 0 Å². The van der Waals surface area contributed by atoms with Crippen molar-refractivity contribution in [2.45, 2.75) is 20.1 Å². The molecule has 220 valence electrons. The lowest BCUT2D eigenvalue weighted by Crippen LogP contribution is -2.26. The zero-order valence-corrected chi connectivity index (χ0v) is 24.2. The first-order valence-electron chi connectivity index (χ1n) is 14.0. The molecule has 0 bridgehead atoms. The molecule has 44 heavy (non-hydrogen) atoms.